The van der Waals surface area contributed by atoms with E-state index in [1.54, 1.807) is 6.20 Å². The fourth-order valence-corrected chi connectivity index (χ4v) is 1.86. The Morgan fingerprint density at radius 3 is 2.56 bits per heavy atom. The Morgan fingerprint density at radius 1 is 1.28 bits per heavy atom. The predicted molar refractivity (Wildman–Crippen MR) is 71.5 cm³/mol. The van der Waals surface area contributed by atoms with Crippen molar-refractivity contribution in [2.45, 2.75) is 26.4 Å². The van der Waals surface area contributed by atoms with Crippen LogP contribution in [0.15, 0.2) is 36.5 Å². The summed E-state index contributed by atoms with van der Waals surface area (Å²) in [5.41, 5.74) is 8.39. The van der Waals surface area contributed by atoms with Crippen LogP contribution < -0.4 is 10.5 Å². The second-order valence-corrected chi connectivity index (χ2v) is 4.26. The molecular weight excluding hydrogens is 226 g/mol. The van der Waals surface area contributed by atoms with Gasteiger partial charge in [-0.15, -0.1) is 0 Å². The van der Waals surface area contributed by atoms with E-state index in [9.17, 15) is 0 Å². The largest absolute Gasteiger partial charge is 0.494 e. The SMILES string of the molecule is CCOc1ccc(C(N)Cn2nccc2C)cc1. The third kappa shape index (κ3) is 2.90. The van der Waals surface area contributed by atoms with Gasteiger partial charge in [-0.25, -0.2) is 0 Å². The number of nitrogens with zero attached hydrogens (tertiary/aromatic N) is 2. The lowest BCUT2D eigenvalue weighted by Crippen LogP contribution is -2.19. The Labute approximate surface area is 107 Å². The summed E-state index contributed by atoms with van der Waals surface area (Å²) in [5.74, 6) is 0.878. The summed E-state index contributed by atoms with van der Waals surface area (Å²) in [6.07, 6.45) is 1.79. The van der Waals surface area contributed by atoms with Gasteiger partial charge in [0.25, 0.3) is 0 Å². The summed E-state index contributed by atoms with van der Waals surface area (Å²) in [6, 6.07) is 9.84. The quantitative estimate of drug-likeness (QED) is 0.879. The molecule has 1 unspecified atom stereocenters. The Morgan fingerprint density at radius 2 is 2.00 bits per heavy atom. The second-order valence-electron chi connectivity index (χ2n) is 4.26. The van der Waals surface area contributed by atoms with Crippen LogP contribution in [-0.2, 0) is 6.54 Å². The van der Waals surface area contributed by atoms with Gasteiger partial charge in [0.05, 0.1) is 13.2 Å². The van der Waals surface area contributed by atoms with Crippen LogP contribution in [0.4, 0.5) is 0 Å². The van der Waals surface area contributed by atoms with Crippen LogP contribution in [-0.4, -0.2) is 16.4 Å². The number of aryl methyl sites for hydroxylation is 1. The van der Waals surface area contributed by atoms with Crippen molar-refractivity contribution in [2.75, 3.05) is 6.61 Å². The standard InChI is InChI=1S/C14H19N3O/c1-3-18-13-6-4-12(5-7-13)14(15)10-17-11(2)8-9-16-17/h4-9,14H,3,10,15H2,1-2H3. The number of hydrogen-bond acceptors (Lipinski definition) is 3. The van der Waals surface area contributed by atoms with Crippen molar-refractivity contribution in [2.24, 2.45) is 5.73 Å². The molecular formula is C14H19N3O. The molecule has 0 saturated heterocycles. The highest BCUT2D eigenvalue weighted by atomic mass is 16.5. The summed E-state index contributed by atoms with van der Waals surface area (Å²) >= 11 is 0. The van der Waals surface area contributed by atoms with E-state index in [1.807, 2.05) is 48.9 Å². The maximum absolute atomic E-state index is 6.18. The zero-order valence-electron chi connectivity index (χ0n) is 10.8. The average molecular weight is 245 g/mol. The van der Waals surface area contributed by atoms with Crippen LogP contribution in [0.2, 0.25) is 0 Å². The molecule has 4 nitrogen and oxygen atoms in total. The van der Waals surface area contributed by atoms with Crippen molar-refractivity contribution < 1.29 is 4.74 Å². The number of aromatic nitrogens is 2. The first-order valence-corrected chi connectivity index (χ1v) is 6.17. The van der Waals surface area contributed by atoms with E-state index in [1.165, 1.54) is 0 Å². The lowest BCUT2D eigenvalue weighted by Gasteiger charge is -2.14. The number of ether oxygens (including phenoxy) is 1. The van der Waals surface area contributed by atoms with E-state index >= 15 is 0 Å². The molecule has 0 saturated carbocycles. The van der Waals surface area contributed by atoms with Crippen LogP contribution >= 0.6 is 0 Å². The molecule has 0 aliphatic heterocycles. The monoisotopic (exact) mass is 245 g/mol. The third-order valence-corrected chi connectivity index (χ3v) is 2.92. The fraction of sp³-hybridized carbons (Fsp3) is 0.357. The van der Waals surface area contributed by atoms with Gasteiger partial charge < -0.3 is 10.5 Å². The van der Waals surface area contributed by atoms with E-state index in [-0.39, 0.29) is 6.04 Å². The minimum absolute atomic E-state index is 0.0562. The number of rotatable bonds is 5. The molecule has 0 spiro atoms. The van der Waals surface area contributed by atoms with Gasteiger partial charge in [0.1, 0.15) is 5.75 Å². The average Bonchev–Trinajstić information content (AvgIpc) is 2.76. The first-order valence-electron chi connectivity index (χ1n) is 6.17. The molecule has 96 valence electrons. The van der Waals surface area contributed by atoms with Gasteiger partial charge in [0, 0.05) is 17.9 Å². The van der Waals surface area contributed by atoms with Crippen LogP contribution in [0.3, 0.4) is 0 Å². The van der Waals surface area contributed by atoms with Crippen molar-refractivity contribution in [3.05, 3.63) is 47.8 Å². The highest BCUT2D eigenvalue weighted by Crippen LogP contribution is 2.18. The van der Waals surface area contributed by atoms with E-state index in [0.717, 1.165) is 17.0 Å². The maximum Gasteiger partial charge on any atom is 0.119 e. The Kier molecular flexibility index (Phi) is 3.99. The topological polar surface area (TPSA) is 53.1 Å². The molecule has 1 aromatic heterocycles. The molecule has 0 amide bonds. The Bertz CT molecular complexity index is 490. The third-order valence-electron chi connectivity index (χ3n) is 2.92. The number of benzene rings is 1. The zero-order valence-corrected chi connectivity index (χ0v) is 10.8. The first-order chi connectivity index (χ1) is 8.70. The fourth-order valence-electron chi connectivity index (χ4n) is 1.86. The molecule has 18 heavy (non-hydrogen) atoms. The van der Waals surface area contributed by atoms with Crippen molar-refractivity contribution in [1.29, 1.82) is 0 Å². The smallest absolute Gasteiger partial charge is 0.119 e. The van der Waals surface area contributed by atoms with E-state index in [4.69, 9.17) is 10.5 Å². The second kappa shape index (κ2) is 5.69. The highest BCUT2D eigenvalue weighted by Gasteiger charge is 2.08. The molecule has 2 rings (SSSR count). The summed E-state index contributed by atoms with van der Waals surface area (Å²) in [5, 5.41) is 4.24. The lowest BCUT2D eigenvalue weighted by atomic mass is 10.1. The molecule has 0 radical (unpaired) electrons. The van der Waals surface area contributed by atoms with Gasteiger partial charge in [-0.3, -0.25) is 4.68 Å². The van der Waals surface area contributed by atoms with Crippen molar-refractivity contribution in [3.63, 3.8) is 0 Å². The van der Waals surface area contributed by atoms with Gasteiger partial charge >= 0.3 is 0 Å². The number of hydrogen-bond donors (Lipinski definition) is 1. The van der Waals surface area contributed by atoms with Crippen molar-refractivity contribution in [1.82, 2.24) is 9.78 Å². The summed E-state index contributed by atoms with van der Waals surface area (Å²) in [6.45, 7) is 5.36. The van der Waals surface area contributed by atoms with Gasteiger partial charge in [-0.2, -0.15) is 5.10 Å². The van der Waals surface area contributed by atoms with Crippen LogP contribution in [0, 0.1) is 6.92 Å². The van der Waals surface area contributed by atoms with Crippen molar-refractivity contribution >= 4 is 0 Å². The van der Waals surface area contributed by atoms with Crippen LogP contribution in [0.5, 0.6) is 5.75 Å². The molecule has 0 bridgehead atoms. The Hall–Kier alpha value is -1.81. The minimum Gasteiger partial charge on any atom is -0.494 e. The molecule has 1 atom stereocenters. The van der Waals surface area contributed by atoms with Gasteiger partial charge in [-0.1, -0.05) is 12.1 Å². The molecule has 0 aliphatic carbocycles. The molecule has 1 aromatic carbocycles. The van der Waals surface area contributed by atoms with Crippen LogP contribution in [0.25, 0.3) is 0 Å². The minimum atomic E-state index is -0.0562. The highest BCUT2D eigenvalue weighted by molar-refractivity contribution is 5.29. The summed E-state index contributed by atoms with van der Waals surface area (Å²) in [7, 11) is 0. The molecule has 4 heteroatoms. The van der Waals surface area contributed by atoms with E-state index in [0.29, 0.717) is 13.2 Å². The van der Waals surface area contributed by atoms with Gasteiger partial charge in [0.2, 0.25) is 0 Å². The summed E-state index contributed by atoms with van der Waals surface area (Å²) in [4.78, 5) is 0. The normalized spacial score (nSPS) is 12.4. The van der Waals surface area contributed by atoms with E-state index in [2.05, 4.69) is 5.10 Å². The van der Waals surface area contributed by atoms with Gasteiger partial charge in [0.15, 0.2) is 0 Å². The maximum atomic E-state index is 6.18. The first kappa shape index (κ1) is 12.6. The Balaban J connectivity index is 2.04. The summed E-state index contributed by atoms with van der Waals surface area (Å²) < 4.78 is 7.32. The number of nitrogens with two attached hydrogens (primary N) is 1. The molecule has 2 aromatic rings. The van der Waals surface area contributed by atoms with Gasteiger partial charge in [-0.05, 0) is 37.6 Å². The van der Waals surface area contributed by atoms with Crippen molar-refractivity contribution in [3.8, 4) is 5.75 Å². The molecule has 2 N–H and O–H groups in total. The molecule has 1 heterocycles. The predicted octanol–water partition coefficient (Wildman–Crippen LogP) is 2.29. The van der Waals surface area contributed by atoms with Crippen LogP contribution in [0.1, 0.15) is 24.2 Å². The zero-order chi connectivity index (χ0) is 13.0. The lowest BCUT2D eigenvalue weighted by molar-refractivity contribution is 0.340. The molecule has 0 fully saturated rings. The van der Waals surface area contributed by atoms with E-state index < -0.39 is 0 Å². The molecule has 0 aliphatic rings.